The van der Waals surface area contributed by atoms with Crippen LogP contribution in [0.15, 0.2) is 54.7 Å². The van der Waals surface area contributed by atoms with Gasteiger partial charge in [-0.1, -0.05) is 6.07 Å². The standard InChI is InChI=1S/C17H14F3N3O/c1-11-9-10-23-14(11)3-2-4-15(23)22-16(24)21-13-7-5-12(6-8-13)17(18,19)20/h2-10H,1H3,(H2,21,22,24). The molecule has 0 atom stereocenters. The van der Waals surface area contributed by atoms with Gasteiger partial charge in [0.2, 0.25) is 0 Å². The monoisotopic (exact) mass is 333 g/mol. The van der Waals surface area contributed by atoms with Gasteiger partial charge in [-0.2, -0.15) is 13.2 Å². The molecule has 0 unspecified atom stereocenters. The molecule has 124 valence electrons. The highest BCUT2D eigenvalue weighted by Crippen LogP contribution is 2.29. The Balaban J connectivity index is 1.73. The Kier molecular flexibility index (Phi) is 3.92. The zero-order valence-corrected chi connectivity index (χ0v) is 12.7. The van der Waals surface area contributed by atoms with Crippen LogP contribution in [0.25, 0.3) is 5.52 Å². The molecule has 7 heteroatoms. The van der Waals surface area contributed by atoms with Crippen molar-refractivity contribution >= 4 is 23.1 Å². The van der Waals surface area contributed by atoms with Crippen LogP contribution in [0.1, 0.15) is 11.1 Å². The van der Waals surface area contributed by atoms with Crippen molar-refractivity contribution in [3.05, 3.63) is 65.9 Å². The summed E-state index contributed by atoms with van der Waals surface area (Å²) in [4.78, 5) is 12.1. The Hall–Kier alpha value is -2.96. The van der Waals surface area contributed by atoms with Crippen molar-refractivity contribution in [3.8, 4) is 0 Å². The van der Waals surface area contributed by atoms with Gasteiger partial charge < -0.3 is 9.72 Å². The van der Waals surface area contributed by atoms with Gasteiger partial charge in [0.15, 0.2) is 0 Å². The number of rotatable bonds is 2. The maximum atomic E-state index is 12.5. The van der Waals surface area contributed by atoms with Crippen LogP contribution in [0.4, 0.5) is 29.5 Å². The summed E-state index contributed by atoms with van der Waals surface area (Å²) in [6.45, 7) is 1.96. The van der Waals surface area contributed by atoms with Crippen LogP contribution in [-0.2, 0) is 6.18 Å². The number of nitrogens with one attached hydrogen (secondary N) is 2. The van der Waals surface area contributed by atoms with Crippen molar-refractivity contribution in [2.24, 2.45) is 0 Å². The first kappa shape index (κ1) is 15.9. The number of anilines is 2. The van der Waals surface area contributed by atoms with Crippen LogP contribution in [0.5, 0.6) is 0 Å². The molecule has 1 aromatic carbocycles. The number of carbonyl (C=O) groups is 1. The lowest BCUT2D eigenvalue weighted by Gasteiger charge is -2.11. The van der Waals surface area contributed by atoms with Crippen LogP contribution in [0.3, 0.4) is 0 Å². The predicted molar refractivity (Wildman–Crippen MR) is 86.2 cm³/mol. The summed E-state index contributed by atoms with van der Waals surface area (Å²) in [7, 11) is 0. The molecule has 2 heterocycles. The number of alkyl halides is 3. The van der Waals surface area contributed by atoms with Crippen molar-refractivity contribution in [1.29, 1.82) is 0 Å². The van der Waals surface area contributed by atoms with Crippen molar-refractivity contribution in [1.82, 2.24) is 4.40 Å². The minimum Gasteiger partial charge on any atom is -0.308 e. The average molecular weight is 333 g/mol. The SMILES string of the molecule is Cc1ccn2c(NC(=O)Nc3ccc(C(F)(F)F)cc3)cccc12. The van der Waals surface area contributed by atoms with Crippen molar-refractivity contribution in [2.75, 3.05) is 10.6 Å². The number of aromatic nitrogens is 1. The number of carbonyl (C=O) groups excluding carboxylic acids is 1. The molecule has 0 fully saturated rings. The topological polar surface area (TPSA) is 45.5 Å². The number of halogens is 3. The Morgan fingerprint density at radius 3 is 2.38 bits per heavy atom. The van der Waals surface area contributed by atoms with Crippen LogP contribution < -0.4 is 10.6 Å². The molecule has 0 aliphatic heterocycles. The molecule has 0 aliphatic carbocycles. The second-order valence-electron chi connectivity index (χ2n) is 5.32. The molecule has 0 aliphatic rings. The number of urea groups is 1. The molecule has 2 N–H and O–H groups in total. The van der Waals surface area contributed by atoms with Gasteiger partial charge in [0.25, 0.3) is 0 Å². The van der Waals surface area contributed by atoms with E-state index in [1.165, 1.54) is 12.1 Å². The third-order valence-corrected chi connectivity index (χ3v) is 3.62. The van der Waals surface area contributed by atoms with Gasteiger partial charge in [-0.15, -0.1) is 0 Å². The zero-order valence-electron chi connectivity index (χ0n) is 12.7. The molecular formula is C17H14F3N3O. The molecule has 0 spiro atoms. The Morgan fingerprint density at radius 2 is 1.71 bits per heavy atom. The summed E-state index contributed by atoms with van der Waals surface area (Å²) in [5.41, 5.74) is 1.54. The second-order valence-corrected chi connectivity index (χ2v) is 5.32. The summed E-state index contributed by atoms with van der Waals surface area (Å²) in [5.74, 6) is 0.560. The minimum absolute atomic E-state index is 0.274. The van der Waals surface area contributed by atoms with Crippen LogP contribution >= 0.6 is 0 Å². The van der Waals surface area contributed by atoms with Gasteiger partial charge in [-0.05, 0) is 55.0 Å². The highest BCUT2D eigenvalue weighted by atomic mass is 19.4. The first-order chi connectivity index (χ1) is 11.3. The fourth-order valence-electron chi connectivity index (χ4n) is 2.40. The third kappa shape index (κ3) is 3.19. The van der Waals surface area contributed by atoms with Crippen LogP contribution in [0.2, 0.25) is 0 Å². The van der Waals surface area contributed by atoms with Gasteiger partial charge >= 0.3 is 12.2 Å². The fraction of sp³-hybridized carbons (Fsp3) is 0.118. The van der Waals surface area contributed by atoms with Gasteiger partial charge in [0.1, 0.15) is 5.82 Å². The molecule has 3 rings (SSSR count). The molecule has 2 aromatic heterocycles. The van der Waals surface area contributed by atoms with E-state index in [4.69, 9.17) is 0 Å². The van der Waals surface area contributed by atoms with E-state index in [9.17, 15) is 18.0 Å². The fourth-order valence-corrected chi connectivity index (χ4v) is 2.40. The van der Waals surface area contributed by atoms with Crippen molar-refractivity contribution in [2.45, 2.75) is 13.1 Å². The summed E-state index contributed by atoms with van der Waals surface area (Å²) < 4.78 is 39.4. The largest absolute Gasteiger partial charge is 0.416 e. The number of nitrogens with zero attached hydrogens (tertiary/aromatic N) is 1. The van der Waals surface area contributed by atoms with Gasteiger partial charge in [-0.25, -0.2) is 4.79 Å². The zero-order chi connectivity index (χ0) is 17.3. The van der Waals surface area contributed by atoms with E-state index in [0.29, 0.717) is 5.82 Å². The maximum Gasteiger partial charge on any atom is 0.416 e. The molecule has 3 aromatic rings. The highest BCUT2D eigenvalue weighted by Gasteiger charge is 2.29. The molecule has 0 radical (unpaired) electrons. The smallest absolute Gasteiger partial charge is 0.308 e. The van der Waals surface area contributed by atoms with E-state index in [1.807, 2.05) is 35.7 Å². The molecule has 0 saturated heterocycles. The summed E-state index contributed by atoms with van der Waals surface area (Å²) >= 11 is 0. The lowest BCUT2D eigenvalue weighted by atomic mass is 10.2. The first-order valence-corrected chi connectivity index (χ1v) is 7.16. The molecular weight excluding hydrogens is 319 g/mol. The summed E-state index contributed by atoms with van der Waals surface area (Å²) in [5, 5.41) is 5.19. The van der Waals surface area contributed by atoms with Gasteiger partial charge in [-0.3, -0.25) is 5.32 Å². The number of aryl methyl sites for hydroxylation is 1. The second kappa shape index (κ2) is 5.92. The Bertz CT molecular complexity index is 882. The average Bonchev–Trinajstić information content (AvgIpc) is 2.90. The Morgan fingerprint density at radius 1 is 1.00 bits per heavy atom. The lowest BCUT2D eigenvalue weighted by molar-refractivity contribution is -0.137. The molecule has 0 bridgehead atoms. The summed E-state index contributed by atoms with van der Waals surface area (Å²) in [6, 6.07) is 11.1. The molecule has 24 heavy (non-hydrogen) atoms. The van der Waals surface area contributed by atoms with Gasteiger partial charge in [0, 0.05) is 17.4 Å². The molecule has 4 nitrogen and oxygen atoms in total. The molecule has 2 amide bonds. The van der Waals surface area contributed by atoms with E-state index < -0.39 is 17.8 Å². The number of benzene rings is 1. The Labute approximate surface area is 135 Å². The van der Waals surface area contributed by atoms with E-state index in [1.54, 1.807) is 6.07 Å². The number of hydrogen-bond donors (Lipinski definition) is 2. The van der Waals surface area contributed by atoms with Crippen molar-refractivity contribution in [3.63, 3.8) is 0 Å². The first-order valence-electron chi connectivity index (χ1n) is 7.16. The van der Waals surface area contributed by atoms with Crippen molar-refractivity contribution < 1.29 is 18.0 Å². The third-order valence-electron chi connectivity index (χ3n) is 3.62. The highest BCUT2D eigenvalue weighted by molar-refractivity contribution is 5.99. The number of hydrogen-bond acceptors (Lipinski definition) is 1. The van der Waals surface area contributed by atoms with E-state index in [-0.39, 0.29) is 5.69 Å². The predicted octanol–water partition coefficient (Wildman–Crippen LogP) is 4.91. The normalized spacial score (nSPS) is 11.5. The summed E-state index contributed by atoms with van der Waals surface area (Å²) in [6.07, 6.45) is -2.57. The van der Waals surface area contributed by atoms with Crippen LogP contribution in [-0.4, -0.2) is 10.4 Å². The quantitative estimate of drug-likeness (QED) is 0.688. The number of fused-ring (bicyclic) bond motifs is 1. The van der Waals surface area contributed by atoms with E-state index >= 15 is 0 Å². The minimum atomic E-state index is -4.40. The maximum absolute atomic E-state index is 12.5. The van der Waals surface area contributed by atoms with Gasteiger partial charge in [0.05, 0.1) is 5.56 Å². The van der Waals surface area contributed by atoms with E-state index in [0.717, 1.165) is 23.2 Å². The van der Waals surface area contributed by atoms with E-state index in [2.05, 4.69) is 10.6 Å². The molecule has 0 saturated carbocycles. The number of amides is 2. The lowest BCUT2D eigenvalue weighted by Crippen LogP contribution is -2.20. The van der Waals surface area contributed by atoms with Crippen LogP contribution in [0, 0.1) is 6.92 Å². The number of pyridine rings is 1.